The minimum absolute atomic E-state index is 0.0644. The van der Waals surface area contributed by atoms with Crippen LogP contribution in [0.5, 0.6) is 11.5 Å². The molecule has 2 bridgehead atoms. The normalized spacial score (nSPS) is 25.1. The molecule has 1 spiro atoms. The number of alkyl carbamates (subject to hydrolysis) is 1. The summed E-state index contributed by atoms with van der Waals surface area (Å²) >= 11 is 0. The average Bonchev–Trinajstić information content (AvgIpc) is 3.43. The van der Waals surface area contributed by atoms with E-state index in [0.29, 0.717) is 30.9 Å². The second kappa shape index (κ2) is 15.5. The molecule has 1 saturated heterocycles. The van der Waals surface area contributed by atoms with Crippen LogP contribution in [-0.2, 0) is 50.0 Å². The zero-order valence-electron chi connectivity index (χ0n) is 31.9. The molecule has 2 heterocycles. The molecule has 15 heteroatoms. The van der Waals surface area contributed by atoms with Gasteiger partial charge in [0.25, 0.3) is 0 Å². The number of hydrogen-bond donors (Lipinski definition) is 3. The highest BCUT2D eigenvalue weighted by atomic mass is 16.6. The number of esters is 3. The third-order valence-electron chi connectivity index (χ3n) is 10.3. The molecular formula is C38H53N3O12. The quantitative estimate of drug-likeness (QED) is 0.187. The van der Waals surface area contributed by atoms with Gasteiger partial charge in [-0.25, -0.2) is 9.59 Å². The maximum absolute atomic E-state index is 13.3. The van der Waals surface area contributed by atoms with Crippen LogP contribution in [0.2, 0.25) is 0 Å². The van der Waals surface area contributed by atoms with Crippen molar-refractivity contribution in [2.45, 2.75) is 121 Å². The van der Waals surface area contributed by atoms with Crippen LogP contribution in [0.4, 0.5) is 4.79 Å². The molecule has 15 nitrogen and oxygen atoms in total. The van der Waals surface area contributed by atoms with Gasteiger partial charge in [0.05, 0.1) is 31.2 Å². The summed E-state index contributed by atoms with van der Waals surface area (Å²) in [6.45, 7) is 10.9. The molecular weight excluding hydrogens is 690 g/mol. The number of carbonyl (C=O) groups is 5. The van der Waals surface area contributed by atoms with E-state index < -0.39 is 64.8 Å². The SMILES string of the molecule is COc1ccc2c3c1O[C@H]1C(OC(=O)[C@H](C)OC(=O)CCNC(=O)[C@H](CCC(=O)OCC(C)C)NC(=O)OC(C)(C)C)=CC[C@@]4(O)[C@@H](C2)N(C)CC[C@]314. The third-order valence-corrected chi connectivity index (χ3v) is 10.3. The van der Waals surface area contributed by atoms with Crippen molar-refractivity contribution >= 4 is 29.9 Å². The van der Waals surface area contributed by atoms with Crippen LogP contribution >= 0.6 is 0 Å². The topological polar surface area (TPSA) is 188 Å². The van der Waals surface area contributed by atoms with Gasteiger partial charge in [-0.2, -0.15) is 0 Å². The van der Waals surface area contributed by atoms with E-state index in [1.807, 2.05) is 33.0 Å². The molecule has 0 aromatic heterocycles. The van der Waals surface area contributed by atoms with Gasteiger partial charge in [-0.15, -0.1) is 0 Å². The average molecular weight is 744 g/mol. The predicted octanol–water partition coefficient (Wildman–Crippen LogP) is 2.83. The lowest BCUT2D eigenvalue weighted by molar-refractivity contribution is -0.175. The fourth-order valence-electron chi connectivity index (χ4n) is 7.81. The lowest BCUT2D eigenvalue weighted by Gasteiger charge is -2.61. The Hall–Kier alpha value is -4.37. The maximum Gasteiger partial charge on any atom is 0.408 e. The smallest absolute Gasteiger partial charge is 0.408 e. The monoisotopic (exact) mass is 743 g/mol. The van der Waals surface area contributed by atoms with E-state index >= 15 is 0 Å². The molecule has 2 aliphatic carbocycles. The second-order valence-corrected chi connectivity index (χ2v) is 15.7. The molecule has 2 aliphatic heterocycles. The highest BCUT2D eigenvalue weighted by Gasteiger charge is 2.72. The Morgan fingerprint density at radius 1 is 1.09 bits per heavy atom. The van der Waals surface area contributed by atoms with Crippen LogP contribution in [0.1, 0.15) is 84.8 Å². The van der Waals surface area contributed by atoms with Gasteiger partial charge in [-0.05, 0) is 84.2 Å². The maximum atomic E-state index is 13.3. The van der Waals surface area contributed by atoms with Crippen molar-refractivity contribution in [1.82, 2.24) is 15.5 Å². The molecule has 0 radical (unpaired) electrons. The first-order valence-corrected chi connectivity index (χ1v) is 18.2. The summed E-state index contributed by atoms with van der Waals surface area (Å²) in [4.78, 5) is 65.9. The zero-order valence-corrected chi connectivity index (χ0v) is 31.9. The molecule has 4 aliphatic rings. The summed E-state index contributed by atoms with van der Waals surface area (Å²) in [5.41, 5.74) is -0.910. The van der Waals surface area contributed by atoms with Crippen molar-refractivity contribution in [2.75, 3.05) is 33.9 Å². The van der Waals surface area contributed by atoms with Crippen LogP contribution in [0.15, 0.2) is 24.0 Å². The number of carbonyl (C=O) groups excluding carboxylic acids is 5. The Kier molecular flexibility index (Phi) is 11.7. The molecule has 1 aromatic rings. The van der Waals surface area contributed by atoms with Gasteiger partial charge in [0.1, 0.15) is 17.4 Å². The lowest BCUT2D eigenvalue weighted by atomic mass is 9.50. The summed E-state index contributed by atoms with van der Waals surface area (Å²) in [5, 5.41) is 17.4. The predicted molar refractivity (Wildman–Crippen MR) is 189 cm³/mol. The van der Waals surface area contributed by atoms with Crippen LogP contribution in [0.3, 0.4) is 0 Å². The van der Waals surface area contributed by atoms with Crippen molar-refractivity contribution in [3.8, 4) is 11.5 Å². The number of amides is 2. The summed E-state index contributed by atoms with van der Waals surface area (Å²) in [6.07, 6.45) is -0.320. The molecule has 292 valence electrons. The van der Waals surface area contributed by atoms with Gasteiger partial charge < -0.3 is 49.1 Å². The van der Waals surface area contributed by atoms with Gasteiger partial charge in [0.15, 0.2) is 23.7 Å². The number of ether oxygens (including phenoxy) is 6. The van der Waals surface area contributed by atoms with Crippen molar-refractivity contribution in [3.05, 3.63) is 35.1 Å². The number of nitrogens with zero attached hydrogens (tertiary/aromatic N) is 1. The standard InChI is InChI=1S/C38H53N3O12/c1-21(2)20-49-28(42)12-10-24(40-35(46)53-36(4,5)6)33(44)39-17-14-29(43)50-22(3)34(45)51-26-13-15-38(47)27-19-23-9-11-25(48-8)31-30(23)37(38,32(26)52-31)16-18-41(27)7/h9,11,13,21-22,24,27,32,47H,10,12,14-20H2,1-8H3,(H,39,44)(H,40,46)/t22-,24-,27+,32-,37-,38+/m0/s1. The van der Waals surface area contributed by atoms with Gasteiger partial charge in [0.2, 0.25) is 5.91 Å². The summed E-state index contributed by atoms with van der Waals surface area (Å²) < 4.78 is 33.8. The Balaban J connectivity index is 1.17. The van der Waals surface area contributed by atoms with Gasteiger partial charge >= 0.3 is 24.0 Å². The van der Waals surface area contributed by atoms with E-state index in [1.54, 1.807) is 34.0 Å². The van der Waals surface area contributed by atoms with Crippen LogP contribution < -0.4 is 20.1 Å². The largest absolute Gasteiger partial charge is 0.493 e. The molecule has 0 unspecified atom stereocenters. The molecule has 1 fully saturated rings. The van der Waals surface area contributed by atoms with E-state index in [2.05, 4.69) is 15.5 Å². The second-order valence-electron chi connectivity index (χ2n) is 15.7. The number of nitrogens with one attached hydrogen (secondary N) is 2. The highest BCUT2D eigenvalue weighted by Crippen LogP contribution is 2.65. The molecule has 6 atom stereocenters. The lowest BCUT2D eigenvalue weighted by Crippen LogP contribution is -2.74. The van der Waals surface area contributed by atoms with Crippen molar-refractivity contribution in [1.29, 1.82) is 0 Å². The minimum atomic E-state index is -1.30. The van der Waals surface area contributed by atoms with E-state index in [4.69, 9.17) is 28.4 Å². The number of rotatable bonds is 14. The zero-order chi connectivity index (χ0) is 38.9. The Labute approximate surface area is 310 Å². The van der Waals surface area contributed by atoms with Crippen LogP contribution in [-0.4, -0.2) is 109 Å². The number of aliphatic hydroxyl groups is 1. The van der Waals surface area contributed by atoms with Crippen LogP contribution in [0, 0.1) is 5.92 Å². The fourth-order valence-corrected chi connectivity index (χ4v) is 7.81. The Bertz CT molecular complexity index is 1640. The van der Waals surface area contributed by atoms with Crippen LogP contribution in [0.25, 0.3) is 0 Å². The van der Waals surface area contributed by atoms with Gasteiger partial charge in [-0.1, -0.05) is 19.9 Å². The summed E-state index contributed by atoms with van der Waals surface area (Å²) in [6, 6.07) is 2.54. The molecule has 3 N–H and O–H groups in total. The van der Waals surface area contributed by atoms with E-state index in [-0.39, 0.29) is 56.6 Å². The Morgan fingerprint density at radius 3 is 2.51 bits per heavy atom. The first kappa shape index (κ1) is 39.8. The van der Waals surface area contributed by atoms with E-state index in [9.17, 15) is 29.1 Å². The molecule has 1 aromatic carbocycles. The van der Waals surface area contributed by atoms with E-state index in [1.165, 1.54) is 6.92 Å². The number of hydrogen-bond acceptors (Lipinski definition) is 13. The Morgan fingerprint density at radius 2 is 1.83 bits per heavy atom. The number of likely N-dealkylation sites (N-methyl/N-ethyl adjacent to an activating group) is 1. The minimum Gasteiger partial charge on any atom is -0.493 e. The number of benzene rings is 1. The molecule has 53 heavy (non-hydrogen) atoms. The number of likely N-dealkylation sites (tertiary alicyclic amines) is 1. The molecule has 2 amide bonds. The first-order valence-electron chi connectivity index (χ1n) is 18.2. The van der Waals surface area contributed by atoms with Gasteiger partial charge in [0, 0.05) is 31.0 Å². The number of piperidine rings is 1. The third kappa shape index (κ3) is 8.10. The molecule has 5 rings (SSSR count). The van der Waals surface area contributed by atoms with E-state index in [0.717, 1.165) is 11.1 Å². The highest BCUT2D eigenvalue weighted by molar-refractivity contribution is 5.87. The summed E-state index contributed by atoms with van der Waals surface area (Å²) in [5.74, 6) is -1.33. The molecule has 0 saturated carbocycles. The van der Waals surface area contributed by atoms with Crippen molar-refractivity contribution in [2.24, 2.45) is 5.92 Å². The number of methoxy groups -OCH3 is 1. The first-order chi connectivity index (χ1) is 24.9. The fraction of sp³-hybridized carbons (Fsp3) is 0.658. The van der Waals surface area contributed by atoms with Gasteiger partial charge in [-0.3, -0.25) is 14.4 Å². The van der Waals surface area contributed by atoms with Crippen molar-refractivity contribution < 1.29 is 57.5 Å². The van der Waals surface area contributed by atoms with Crippen molar-refractivity contribution in [3.63, 3.8) is 0 Å². The summed E-state index contributed by atoms with van der Waals surface area (Å²) in [7, 11) is 3.56.